The summed E-state index contributed by atoms with van der Waals surface area (Å²) in [6, 6.07) is 17.6. The van der Waals surface area contributed by atoms with Gasteiger partial charge in [-0.15, -0.1) is 0 Å². The molecule has 7 heteroatoms. The molecule has 4 aromatic rings. The van der Waals surface area contributed by atoms with Crippen LogP contribution in [0, 0.1) is 0 Å². The fourth-order valence-corrected chi connectivity index (χ4v) is 2.88. The lowest BCUT2D eigenvalue weighted by Crippen LogP contribution is -2.03. The summed E-state index contributed by atoms with van der Waals surface area (Å²) in [5.74, 6) is 1.20. The molecule has 0 aliphatic heterocycles. The van der Waals surface area contributed by atoms with Gasteiger partial charge in [-0.25, -0.2) is 4.98 Å². The predicted molar refractivity (Wildman–Crippen MR) is 102 cm³/mol. The number of anilines is 2. The van der Waals surface area contributed by atoms with E-state index in [2.05, 4.69) is 32.4 Å². The number of aromatic nitrogens is 4. The van der Waals surface area contributed by atoms with Gasteiger partial charge < -0.3 is 14.6 Å². The number of fused-ring (bicyclic) bond motifs is 1. The summed E-state index contributed by atoms with van der Waals surface area (Å²) >= 11 is 6.31. The van der Waals surface area contributed by atoms with Gasteiger partial charge in [0.25, 0.3) is 0 Å². The minimum atomic E-state index is 0.317. The van der Waals surface area contributed by atoms with Crippen LogP contribution in [0.3, 0.4) is 0 Å². The minimum absolute atomic E-state index is 0.317. The van der Waals surface area contributed by atoms with Gasteiger partial charge in [0.05, 0.1) is 20.0 Å². The van der Waals surface area contributed by atoms with Crippen molar-refractivity contribution in [3.8, 4) is 5.75 Å². The van der Waals surface area contributed by atoms with Crippen molar-refractivity contribution >= 4 is 34.4 Å². The molecule has 6 nitrogen and oxygen atoms in total. The van der Waals surface area contributed by atoms with Crippen molar-refractivity contribution < 1.29 is 4.74 Å². The van der Waals surface area contributed by atoms with Crippen LogP contribution in [0.2, 0.25) is 5.15 Å². The van der Waals surface area contributed by atoms with Crippen LogP contribution in [0.25, 0.3) is 11.2 Å². The second-order valence-electron chi connectivity index (χ2n) is 5.72. The highest BCUT2D eigenvalue weighted by Gasteiger charge is 2.12. The first-order valence-electron chi connectivity index (χ1n) is 8.06. The Kier molecular flexibility index (Phi) is 4.41. The van der Waals surface area contributed by atoms with E-state index in [0.29, 0.717) is 28.8 Å². The van der Waals surface area contributed by atoms with Crippen molar-refractivity contribution in [3.63, 3.8) is 0 Å². The summed E-state index contributed by atoms with van der Waals surface area (Å²) in [6.45, 7) is 0.659. The first-order chi connectivity index (χ1) is 12.7. The maximum Gasteiger partial charge on any atom is 0.230 e. The Morgan fingerprint density at radius 3 is 2.54 bits per heavy atom. The third kappa shape index (κ3) is 3.32. The number of benzene rings is 2. The molecular formula is C19H16ClN5O. The van der Waals surface area contributed by atoms with E-state index >= 15 is 0 Å². The van der Waals surface area contributed by atoms with Crippen molar-refractivity contribution in [1.29, 1.82) is 0 Å². The molecule has 0 saturated carbocycles. The van der Waals surface area contributed by atoms with Crippen molar-refractivity contribution in [1.82, 2.24) is 19.5 Å². The topological polar surface area (TPSA) is 64.9 Å². The predicted octanol–water partition coefficient (Wildman–Crippen LogP) is 4.28. The van der Waals surface area contributed by atoms with E-state index in [1.807, 2.05) is 47.0 Å². The average molecular weight is 366 g/mol. The van der Waals surface area contributed by atoms with E-state index in [1.165, 1.54) is 0 Å². The molecule has 0 fully saturated rings. The molecule has 26 heavy (non-hydrogen) atoms. The number of nitrogens with zero attached hydrogens (tertiary/aromatic N) is 4. The molecule has 0 spiro atoms. The van der Waals surface area contributed by atoms with Crippen LogP contribution in [-0.2, 0) is 6.54 Å². The third-order valence-corrected chi connectivity index (χ3v) is 4.23. The van der Waals surface area contributed by atoms with Crippen LogP contribution >= 0.6 is 11.6 Å². The summed E-state index contributed by atoms with van der Waals surface area (Å²) < 4.78 is 7.12. The van der Waals surface area contributed by atoms with Gasteiger partial charge in [0.15, 0.2) is 10.8 Å². The van der Waals surface area contributed by atoms with E-state index in [-0.39, 0.29) is 0 Å². The second kappa shape index (κ2) is 7.01. The molecule has 0 unspecified atom stereocenters. The Bertz CT molecular complexity index is 1030. The fraction of sp³-hybridized carbons (Fsp3) is 0.105. The summed E-state index contributed by atoms with van der Waals surface area (Å²) in [7, 11) is 1.63. The van der Waals surface area contributed by atoms with Gasteiger partial charge in [0, 0.05) is 5.69 Å². The summed E-state index contributed by atoms with van der Waals surface area (Å²) in [6.07, 6.45) is 1.73. The monoisotopic (exact) mass is 365 g/mol. The van der Waals surface area contributed by atoms with Gasteiger partial charge >= 0.3 is 0 Å². The first-order valence-corrected chi connectivity index (χ1v) is 8.44. The van der Waals surface area contributed by atoms with Gasteiger partial charge in [-0.05, 0) is 29.8 Å². The molecule has 1 N–H and O–H groups in total. The second-order valence-corrected chi connectivity index (χ2v) is 6.08. The number of hydrogen-bond acceptors (Lipinski definition) is 5. The maximum absolute atomic E-state index is 6.31. The Morgan fingerprint density at radius 2 is 1.81 bits per heavy atom. The number of methoxy groups -OCH3 is 1. The third-order valence-electron chi connectivity index (χ3n) is 3.96. The summed E-state index contributed by atoms with van der Waals surface area (Å²) in [4.78, 5) is 13.2. The van der Waals surface area contributed by atoms with Crippen molar-refractivity contribution in [2.24, 2.45) is 0 Å². The van der Waals surface area contributed by atoms with Crippen LogP contribution in [-0.4, -0.2) is 26.6 Å². The molecule has 0 atom stereocenters. The molecule has 2 heterocycles. The molecule has 0 amide bonds. The van der Waals surface area contributed by atoms with Crippen LogP contribution in [0.4, 0.5) is 11.6 Å². The smallest absolute Gasteiger partial charge is 0.230 e. The molecule has 130 valence electrons. The van der Waals surface area contributed by atoms with E-state index in [1.54, 1.807) is 13.4 Å². The van der Waals surface area contributed by atoms with E-state index in [0.717, 1.165) is 17.0 Å². The van der Waals surface area contributed by atoms with Gasteiger partial charge in [-0.1, -0.05) is 41.9 Å². The number of ether oxygens (including phenoxy) is 1. The molecule has 0 bridgehead atoms. The highest BCUT2D eigenvalue weighted by molar-refractivity contribution is 6.33. The van der Waals surface area contributed by atoms with Gasteiger partial charge in [-0.2, -0.15) is 9.97 Å². The van der Waals surface area contributed by atoms with Crippen LogP contribution in [0.15, 0.2) is 60.9 Å². The molecule has 0 aliphatic rings. The summed E-state index contributed by atoms with van der Waals surface area (Å²) in [5.41, 5.74) is 3.27. The van der Waals surface area contributed by atoms with E-state index in [4.69, 9.17) is 16.3 Å². The van der Waals surface area contributed by atoms with E-state index < -0.39 is 0 Å². The molecule has 2 aromatic heterocycles. The summed E-state index contributed by atoms with van der Waals surface area (Å²) in [5, 5.41) is 3.48. The average Bonchev–Trinajstić information content (AvgIpc) is 3.06. The van der Waals surface area contributed by atoms with Gasteiger partial charge in [-0.3, -0.25) is 0 Å². The highest BCUT2D eigenvalue weighted by Crippen LogP contribution is 2.24. The number of imidazole rings is 1. The molecule has 0 saturated heterocycles. The molecule has 0 aliphatic carbocycles. The van der Waals surface area contributed by atoms with Crippen molar-refractivity contribution in [2.75, 3.05) is 12.4 Å². The maximum atomic E-state index is 6.31. The Labute approximate surface area is 155 Å². The Balaban J connectivity index is 1.66. The molecular weight excluding hydrogens is 350 g/mol. The zero-order chi connectivity index (χ0) is 17.9. The first kappa shape index (κ1) is 16.4. The molecule has 0 radical (unpaired) electrons. The lowest BCUT2D eigenvalue weighted by molar-refractivity contribution is 0.415. The fourth-order valence-electron chi connectivity index (χ4n) is 2.66. The zero-order valence-electron chi connectivity index (χ0n) is 14.1. The molecule has 4 rings (SSSR count). The van der Waals surface area contributed by atoms with E-state index in [9.17, 15) is 0 Å². The van der Waals surface area contributed by atoms with Gasteiger partial charge in [0.2, 0.25) is 5.95 Å². The van der Waals surface area contributed by atoms with Gasteiger partial charge in [0.1, 0.15) is 11.3 Å². The molecule has 2 aromatic carbocycles. The van der Waals surface area contributed by atoms with Crippen LogP contribution in [0.1, 0.15) is 5.56 Å². The lowest BCUT2D eigenvalue weighted by Gasteiger charge is -2.08. The number of rotatable bonds is 5. The highest BCUT2D eigenvalue weighted by atomic mass is 35.5. The minimum Gasteiger partial charge on any atom is -0.497 e. The quantitative estimate of drug-likeness (QED) is 0.535. The Hall–Kier alpha value is -3.12. The SMILES string of the molecule is COc1ccc(Nc2nc(Cl)c3ncn(Cc4ccccc4)c3n2)cc1. The largest absolute Gasteiger partial charge is 0.497 e. The Morgan fingerprint density at radius 1 is 1.04 bits per heavy atom. The van der Waals surface area contributed by atoms with Crippen LogP contribution in [0.5, 0.6) is 5.75 Å². The van der Waals surface area contributed by atoms with Crippen molar-refractivity contribution in [3.05, 3.63) is 71.6 Å². The standard InChI is InChI=1S/C19H16ClN5O/c1-26-15-9-7-14(8-10-15)22-19-23-17(20)16-18(24-19)25(12-21-16)11-13-5-3-2-4-6-13/h2-10,12H,11H2,1H3,(H,22,23,24). The number of hydrogen-bond donors (Lipinski definition) is 1. The zero-order valence-corrected chi connectivity index (χ0v) is 14.8. The van der Waals surface area contributed by atoms with Crippen molar-refractivity contribution in [2.45, 2.75) is 6.54 Å². The normalized spacial score (nSPS) is 10.8. The number of halogens is 1. The van der Waals surface area contributed by atoms with Crippen LogP contribution < -0.4 is 10.1 Å². The number of nitrogens with one attached hydrogen (secondary N) is 1. The lowest BCUT2D eigenvalue weighted by atomic mass is 10.2.